The highest BCUT2D eigenvalue weighted by atomic mass is 79.9. The van der Waals surface area contributed by atoms with Gasteiger partial charge in [-0.2, -0.15) is 9.61 Å². The maximum Gasteiger partial charge on any atom is 0.291 e. The summed E-state index contributed by atoms with van der Waals surface area (Å²) in [5, 5.41) is 8.83. The number of nitrogens with one attached hydrogen (secondary N) is 1. The van der Waals surface area contributed by atoms with Crippen molar-refractivity contribution in [3.8, 4) is 5.75 Å². The summed E-state index contributed by atoms with van der Waals surface area (Å²) in [5.41, 5.74) is 0.410. The molecule has 0 saturated carbocycles. The van der Waals surface area contributed by atoms with Gasteiger partial charge in [0.2, 0.25) is 4.96 Å². The SMILES string of the molecule is O=C(COc1ccc(Br)cc1/C=c1\sc2ncnn2c1=O)Nc1nccs1. The number of amides is 1. The first-order chi connectivity index (χ1) is 13.1. The highest BCUT2D eigenvalue weighted by Crippen LogP contribution is 2.24. The van der Waals surface area contributed by atoms with Gasteiger partial charge >= 0.3 is 0 Å². The second kappa shape index (κ2) is 7.55. The highest BCUT2D eigenvalue weighted by Gasteiger charge is 2.10. The zero-order chi connectivity index (χ0) is 18.8. The molecule has 0 fully saturated rings. The van der Waals surface area contributed by atoms with Crippen molar-refractivity contribution in [2.24, 2.45) is 0 Å². The van der Waals surface area contributed by atoms with E-state index >= 15 is 0 Å². The number of carbonyl (C=O) groups is 1. The molecule has 1 N–H and O–H groups in total. The van der Waals surface area contributed by atoms with Crippen LogP contribution in [0.25, 0.3) is 11.0 Å². The second-order valence-electron chi connectivity index (χ2n) is 5.23. The molecule has 0 aliphatic rings. The molecule has 0 atom stereocenters. The molecule has 27 heavy (non-hydrogen) atoms. The van der Waals surface area contributed by atoms with Crippen molar-refractivity contribution < 1.29 is 9.53 Å². The lowest BCUT2D eigenvalue weighted by Crippen LogP contribution is -2.23. The largest absolute Gasteiger partial charge is 0.483 e. The Morgan fingerprint density at radius 3 is 3.04 bits per heavy atom. The molecule has 0 aliphatic heterocycles. The van der Waals surface area contributed by atoms with Gasteiger partial charge in [-0.3, -0.25) is 14.9 Å². The van der Waals surface area contributed by atoms with Crippen molar-refractivity contribution in [3.05, 3.63) is 61.0 Å². The average molecular weight is 464 g/mol. The molecule has 3 aromatic heterocycles. The van der Waals surface area contributed by atoms with Crippen LogP contribution in [0.2, 0.25) is 0 Å². The first-order valence-corrected chi connectivity index (χ1v) is 10.0. The summed E-state index contributed by atoms with van der Waals surface area (Å²) in [6.45, 7) is -0.179. The van der Waals surface area contributed by atoms with Crippen molar-refractivity contribution in [3.63, 3.8) is 0 Å². The molecular weight excluding hydrogens is 454 g/mol. The zero-order valence-electron chi connectivity index (χ0n) is 13.5. The molecule has 0 unspecified atom stereocenters. The molecule has 0 spiro atoms. The summed E-state index contributed by atoms with van der Waals surface area (Å²) in [5.74, 6) is 0.160. The number of fused-ring (bicyclic) bond motifs is 1. The van der Waals surface area contributed by atoms with Gasteiger partial charge in [-0.25, -0.2) is 9.97 Å². The van der Waals surface area contributed by atoms with Gasteiger partial charge in [0, 0.05) is 21.6 Å². The van der Waals surface area contributed by atoms with Crippen LogP contribution in [-0.2, 0) is 4.79 Å². The number of carbonyl (C=O) groups excluding carboxylic acids is 1. The Morgan fingerprint density at radius 1 is 1.37 bits per heavy atom. The van der Waals surface area contributed by atoms with Gasteiger partial charge in [0.25, 0.3) is 11.5 Å². The van der Waals surface area contributed by atoms with Crippen molar-refractivity contribution >= 4 is 60.7 Å². The zero-order valence-corrected chi connectivity index (χ0v) is 16.7. The van der Waals surface area contributed by atoms with Crippen LogP contribution in [0.15, 0.2) is 45.4 Å². The van der Waals surface area contributed by atoms with Crippen LogP contribution in [0.3, 0.4) is 0 Å². The standard InChI is InChI=1S/C16H10BrN5O3S2/c17-10-1-2-11(25-7-13(23)21-15-18-3-4-26-15)9(5-10)6-12-14(24)22-16(27-12)19-8-20-22/h1-6,8H,7H2,(H,18,21,23)/b12-6-. The molecule has 11 heteroatoms. The van der Waals surface area contributed by atoms with Crippen LogP contribution in [0.1, 0.15) is 5.56 Å². The molecule has 1 amide bonds. The maximum atomic E-state index is 12.4. The number of rotatable bonds is 5. The first kappa shape index (κ1) is 17.8. The maximum absolute atomic E-state index is 12.4. The quantitative estimate of drug-likeness (QED) is 0.485. The van der Waals surface area contributed by atoms with E-state index in [1.165, 1.54) is 33.5 Å². The normalized spacial score (nSPS) is 11.8. The van der Waals surface area contributed by atoms with Gasteiger partial charge in [0.1, 0.15) is 12.1 Å². The predicted molar refractivity (Wildman–Crippen MR) is 106 cm³/mol. The summed E-state index contributed by atoms with van der Waals surface area (Å²) in [6.07, 6.45) is 4.64. The summed E-state index contributed by atoms with van der Waals surface area (Å²) < 4.78 is 8.19. The minimum Gasteiger partial charge on any atom is -0.483 e. The monoisotopic (exact) mass is 463 g/mol. The Balaban J connectivity index is 1.60. The summed E-state index contributed by atoms with van der Waals surface area (Å²) in [4.78, 5) is 32.9. The summed E-state index contributed by atoms with van der Waals surface area (Å²) in [7, 11) is 0. The minimum atomic E-state index is -0.317. The van der Waals surface area contributed by atoms with Gasteiger partial charge in [-0.1, -0.05) is 27.3 Å². The van der Waals surface area contributed by atoms with Crippen LogP contribution in [0.4, 0.5) is 5.13 Å². The lowest BCUT2D eigenvalue weighted by molar-refractivity contribution is -0.118. The van der Waals surface area contributed by atoms with Crippen LogP contribution < -0.4 is 20.1 Å². The summed E-state index contributed by atoms with van der Waals surface area (Å²) >= 11 is 5.97. The number of hydrogen-bond acceptors (Lipinski definition) is 8. The topological polar surface area (TPSA) is 98.5 Å². The molecule has 0 bridgehead atoms. The fraction of sp³-hybridized carbons (Fsp3) is 0.0625. The number of hydrogen-bond donors (Lipinski definition) is 1. The lowest BCUT2D eigenvalue weighted by Gasteiger charge is -2.09. The fourth-order valence-corrected chi connectivity index (χ4v) is 4.06. The smallest absolute Gasteiger partial charge is 0.291 e. The van der Waals surface area contributed by atoms with E-state index in [2.05, 4.69) is 36.3 Å². The Morgan fingerprint density at radius 2 is 2.26 bits per heavy atom. The second-order valence-corrected chi connectivity index (χ2v) is 8.05. The number of halogens is 1. The number of benzene rings is 1. The first-order valence-electron chi connectivity index (χ1n) is 7.56. The number of ether oxygens (including phenoxy) is 1. The van der Waals surface area contributed by atoms with Crippen molar-refractivity contribution in [1.29, 1.82) is 0 Å². The minimum absolute atomic E-state index is 0.179. The molecule has 0 aliphatic carbocycles. The van der Waals surface area contributed by atoms with Gasteiger partial charge in [-0.15, -0.1) is 11.3 Å². The lowest BCUT2D eigenvalue weighted by atomic mass is 10.2. The third kappa shape index (κ3) is 3.89. The third-order valence-electron chi connectivity index (χ3n) is 3.42. The van der Waals surface area contributed by atoms with Crippen molar-refractivity contribution in [1.82, 2.24) is 19.6 Å². The number of thiazole rings is 2. The van der Waals surface area contributed by atoms with E-state index in [0.29, 0.717) is 25.9 Å². The molecule has 0 saturated heterocycles. The molecule has 4 aromatic rings. The van der Waals surface area contributed by atoms with E-state index in [4.69, 9.17) is 4.74 Å². The molecule has 4 rings (SSSR count). The number of anilines is 1. The van der Waals surface area contributed by atoms with Crippen LogP contribution in [0, 0.1) is 0 Å². The third-order valence-corrected chi connectivity index (χ3v) is 5.57. The van der Waals surface area contributed by atoms with E-state index in [0.717, 1.165) is 4.47 Å². The van der Waals surface area contributed by atoms with E-state index in [1.807, 2.05) is 6.07 Å². The predicted octanol–water partition coefficient (Wildman–Crippen LogP) is 1.94. The van der Waals surface area contributed by atoms with E-state index in [-0.39, 0.29) is 18.1 Å². The molecule has 8 nitrogen and oxygen atoms in total. The molecule has 136 valence electrons. The Bertz CT molecular complexity index is 1220. The van der Waals surface area contributed by atoms with E-state index < -0.39 is 0 Å². The Labute approximate surface area is 168 Å². The van der Waals surface area contributed by atoms with E-state index in [9.17, 15) is 9.59 Å². The van der Waals surface area contributed by atoms with Crippen molar-refractivity contribution in [2.75, 3.05) is 11.9 Å². The Kier molecular flexibility index (Phi) is 4.97. The molecular formula is C16H10BrN5O3S2. The molecule has 1 aromatic carbocycles. The van der Waals surface area contributed by atoms with Crippen LogP contribution in [0.5, 0.6) is 5.75 Å². The van der Waals surface area contributed by atoms with Gasteiger partial charge < -0.3 is 4.74 Å². The van der Waals surface area contributed by atoms with Gasteiger partial charge in [0.15, 0.2) is 11.7 Å². The van der Waals surface area contributed by atoms with Gasteiger partial charge in [0.05, 0.1) is 4.53 Å². The average Bonchev–Trinajstić information content (AvgIpc) is 3.36. The van der Waals surface area contributed by atoms with Crippen LogP contribution in [-0.4, -0.2) is 32.1 Å². The fourth-order valence-electron chi connectivity index (χ4n) is 2.27. The van der Waals surface area contributed by atoms with E-state index in [1.54, 1.807) is 29.8 Å². The van der Waals surface area contributed by atoms with Gasteiger partial charge in [-0.05, 0) is 24.3 Å². The van der Waals surface area contributed by atoms with Crippen LogP contribution >= 0.6 is 38.6 Å². The molecule has 0 radical (unpaired) electrons. The number of aromatic nitrogens is 4. The van der Waals surface area contributed by atoms with Crippen molar-refractivity contribution in [2.45, 2.75) is 0 Å². The number of nitrogens with zero attached hydrogens (tertiary/aromatic N) is 4. The summed E-state index contributed by atoms with van der Waals surface area (Å²) in [6, 6.07) is 5.34. The highest BCUT2D eigenvalue weighted by molar-refractivity contribution is 9.10. The Hall–Kier alpha value is -2.63. The molecule has 3 heterocycles.